The van der Waals surface area contributed by atoms with Crippen LogP contribution in [0.4, 0.5) is 0 Å². The van der Waals surface area contributed by atoms with E-state index in [0.717, 1.165) is 6.42 Å². The molecule has 0 aromatic rings. The monoisotopic (exact) mass is 312 g/mol. The summed E-state index contributed by atoms with van der Waals surface area (Å²) in [7, 11) is 0. The Balaban J connectivity index is 4.93. The fraction of sp³-hybridized carbons (Fsp3) is 0.200. The normalized spacial score (nSPS) is 8.48. The van der Waals surface area contributed by atoms with Crippen LogP contribution in [0.3, 0.4) is 0 Å². The molecule has 0 saturated carbocycles. The number of hydrogen-bond donors (Lipinski definition) is 0. The zero-order valence-corrected chi connectivity index (χ0v) is 13.6. The predicted octanol–water partition coefficient (Wildman–Crippen LogP) is 1.94. The third-order valence-electron chi connectivity index (χ3n) is 2.51. The summed E-state index contributed by atoms with van der Waals surface area (Å²) in [6, 6.07) is 0. The van der Waals surface area contributed by atoms with E-state index in [-0.39, 0.29) is 11.8 Å². The van der Waals surface area contributed by atoms with Gasteiger partial charge in [-0.15, -0.1) is 25.7 Å². The van der Waals surface area contributed by atoms with Crippen molar-refractivity contribution in [3.63, 3.8) is 0 Å². The van der Waals surface area contributed by atoms with Gasteiger partial charge in [0, 0.05) is 0 Å². The molecule has 0 aromatic carbocycles. The second kappa shape index (κ2) is 16.0. The van der Waals surface area contributed by atoms with E-state index in [4.69, 9.17) is 25.7 Å². The minimum Gasteiger partial charge on any atom is -0.106 e. The lowest BCUT2D eigenvalue weighted by atomic mass is 9.97. The maximum absolute atomic E-state index is 5.16. The second-order valence-electron chi connectivity index (χ2n) is 4.19. The van der Waals surface area contributed by atoms with Crippen LogP contribution in [0.15, 0.2) is 0 Å². The van der Waals surface area contributed by atoms with E-state index in [1.54, 1.807) is 0 Å². The van der Waals surface area contributed by atoms with Gasteiger partial charge >= 0.3 is 0 Å². The molecule has 112 valence electrons. The molecule has 0 heterocycles. The lowest BCUT2D eigenvalue weighted by Gasteiger charge is -2.04. The topological polar surface area (TPSA) is 0 Å². The van der Waals surface area contributed by atoms with E-state index < -0.39 is 0 Å². The number of terminal acetylenes is 4. The van der Waals surface area contributed by atoms with Crippen LogP contribution in [0.5, 0.6) is 0 Å². The molecule has 0 heteroatoms. The highest BCUT2D eigenvalue weighted by Gasteiger charge is 2.05. The first kappa shape index (κ1) is 20.6. The van der Waals surface area contributed by atoms with Gasteiger partial charge < -0.3 is 0 Å². The third kappa shape index (κ3) is 13.0. The maximum Gasteiger partial charge on any atom is 0.0831 e. The molecule has 2 unspecified atom stereocenters. The van der Waals surface area contributed by atoms with Crippen LogP contribution in [0, 0.1) is 132 Å². The molecule has 25 heavy (non-hydrogen) atoms. The summed E-state index contributed by atoms with van der Waals surface area (Å²) in [4.78, 5) is 0. The van der Waals surface area contributed by atoms with Gasteiger partial charge in [0.15, 0.2) is 0 Å². The highest BCUT2D eigenvalue weighted by atomic mass is 14.1. The Bertz CT molecular complexity index is 911. The van der Waals surface area contributed by atoms with Crippen molar-refractivity contribution in [2.75, 3.05) is 0 Å². The summed E-state index contributed by atoms with van der Waals surface area (Å²) in [5, 5.41) is 0. The first-order valence-corrected chi connectivity index (χ1v) is 7.13. The van der Waals surface area contributed by atoms with Crippen LogP contribution in [0.25, 0.3) is 0 Å². The van der Waals surface area contributed by atoms with Crippen molar-refractivity contribution >= 4 is 0 Å². The van der Waals surface area contributed by atoms with E-state index in [1.807, 2.05) is 0 Å². The van der Waals surface area contributed by atoms with E-state index in [1.165, 1.54) is 0 Å². The first-order valence-electron chi connectivity index (χ1n) is 7.13. The molecule has 0 saturated heterocycles. The van der Waals surface area contributed by atoms with Crippen LogP contribution >= 0.6 is 0 Å². The Morgan fingerprint density at radius 1 is 0.440 bits per heavy atom. The molecule has 2 atom stereocenters. The molecule has 0 aliphatic heterocycles. The van der Waals surface area contributed by atoms with Gasteiger partial charge in [0.25, 0.3) is 0 Å². The van der Waals surface area contributed by atoms with Crippen molar-refractivity contribution in [2.24, 2.45) is 11.8 Å². The maximum atomic E-state index is 5.16. The van der Waals surface area contributed by atoms with Crippen molar-refractivity contribution < 1.29 is 0 Å². The van der Waals surface area contributed by atoms with E-state index in [0.29, 0.717) is 12.8 Å². The van der Waals surface area contributed by atoms with Crippen LogP contribution < -0.4 is 0 Å². The molecule has 0 nitrogen and oxygen atoms in total. The minimum absolute atomic E-state index is 0.196. The fourth-order valence-corrected chi connectivity index (χ4v) is 1.53. The van der Waals surface area contributed by atoms with Gasteiger partial charge in [-0.2, -0.15) is 0 Å². The number of rotatable bonds is 4. The Morgan fingerprint density at radius 3 is 1.16 bits per heavy atom. The standard InChI is InChI=1S/C25H12/c1-5-9-13-15-20-24(18-11-7-3)22-17-23-25(19-12-8-4)21-16-14-10-6-2/h1-4,24-25H,17,22-23H2. The smallest absolute Gasteiger partial charge is 0.0831 e. The Kier molecular flexibility index (Phi) is 13.2. The van der Waals surface area contributed by atoms with Gasteiger partial charge in [0.05, 0.1) is 11.8 Å². The van der Waals surface area contributed by atoms with E-state index >= 15 is 0 Å². The quantitative estimate of drug-likeness (QED) is 0.696. The molecule has 0 fully saturated rings. The zero-order chi connectivity index (χ0) is 18.6. The first-order chi connectivity index (χ1) is 12.3. The lowest BCUT2D eigenvalue weighted by Crippen LogP contribution is -1.98. The van der Waals surface area contributed by atoms with E-state index in [9.17, 15) is 0 Å². The van der Waals surface area contributed by atoms with Crippen molar-refractivity contribution in [3.8, 4) is 120 Å². The van der Waals surface area contributed by atoms with Crippen LogP contribution in [0.1, 0.15) is 19.3 Å². The molecular weight excluding hydrogens is 300 g/mol. The lowest BCUT2D eigenvalue weighted by molar-refractivity contribution is 0.610. The third-order valence-corrected chi connectivity index (χ3v) is 2.51. The van der Waals surface area contributed by atoms with Crippen molar-refractivity contribution in [1.82, 2.24) is 0 Å². The predicted molar refractivity (Wildman–Crippen MR) is 103 cm³/mol. The van der Waals surface area contributed by atoms with Gasteiger partial charge in [-0.1, -0.05) is 23.7 Å². The summed E-state index contributed by atoms with van der Waals surface area (Å²) in [6.07, 6.45) is 22.6. The van der Waals surface area contributed by atoms with Crippen LogP contribution in [-0.4, -0.2) is 0 Å². The molecule has 0 aromatic heterocycles. The highest BCUT2D eigenvalue weighted by molar-refractivity contribution is 5.37. The second-order valence-corrected chi connectivity index (χ2v) is 4.19. The van der Waals surface area contributed by atoms with Crippen molar-refractivity contribution in [2.45, 2.75) is 19.3 Å². The summed E-state index contributed by atoms with van der Waals surface area (Å²) in [5.41, 5.74) is 0. The molecule has 0 aliphatic rings. The van der Waals surface area contributed by atoms with Gasteiger partial charge in [0.2, 0.25) is 0 Å². The minimum atomic E-state index is -0.196. The van der Waals surface area contributed by atoms with Crippen LogP contribution in [0.2, 0.25) is 0 Å². The molecule has 0 N–H and O–H groups in total. The molecule has 0 spiro atoms. The molecule has 0 bridgehead atoms. The van der Waals surface area contributed by atoms with E-state index in [2.05, 4.69) is 94.7 Å². The average molecular weight is 312 g/mol. The Morgan fingerprint density at radius 2 is 0.800 bits per heavy atom. The molecule has 0 aliphatic carbocycles. The van der Waals surface area contributed by atoms with Crippen molar-refractivity contribution in [3.05, 3.63) is 0 Å². The molecule has 0 rings (SSSR count). The van der Waals surface area contributed by atoms with Gasteiger partial charge in [0.1, 0.15) is 0 Å². The molecule has 0 radical (unpaired) electrons. The van der Waals surface area contributed by atoms with Crippen molar-refractivity contribution in [1.29, 1.82) is 0 Å². The number of hydrogen-bond acceptors (Lipinski definition) is 0. The SMILES string of the molecule is C#CC#CC#CC(C#CC#C)CCCC(C#CC#C)C#CC#CC#C. The summed E-state index contributed by atoms with van der Waals surface area (Å²) >= 11 is 0. The summed E-state index contributed by atoms with van der Waals surface area (Å²) < 4.78 is 0. The van der Waals surface area contributed by atoms with Crippen LogP contribution in [-0.2, 0) is 0 Å². The summed E-state index contributed by atoms with van der Waals surface area (Å²) in [5.74, 6) is 40.6. The fourth-order valence-electron chi connectivity index (χ4n) is 1.53. The zero-order valence-electron chi connectivity index (χ0n) is 13.6. The van der Waals surface area contributed by atoms with Gasteiger partial charge in [-0.25, -0.2) is 0 Å². The Hall–Kier alpha value is -4.40. The highest BCUT2D eigenvalue weighted by Crippen LogP contribution is 2.12. The molecular formula is C25H12. The van der Waals surface area contributed by atoms with Gasteiger partial charge in [-0.05, 0) is 90.3 Å². The van der Waals surface area contributed by atoms with Gasteiger partial charge in [-0.3, -0.25) is 0 Å². The molecule has 0 amide bonds. The average Bonchev–Trinajstić information content (AvgIpc) is 2.63. The Labute approximate surface area is 151 Å². The summed E-state index contributed by atoms with van der Waals surface area (Å²) in [6.45, 7) is 0. The largest absolute Gasteiger partial charge is 0.106 e.